The highest BCUT2D eigenvalue weighted by molar-refractivity contribution is 5.03. The van der Waals surface area contributed by atoms with Crippen molar-refractivity contribution in [1.29, 1.82) is 5.26 Å². The Labute approximate surface area is 80.5 Å². The molecule has 13 heavy (non-hydrogen) atoms. The molecule has 2 heteroatoms. The van der Waals surface area contributed by atoms with Crippen molar-refractivity contribution in [2.75, 3.05) is 6.54 Å². The molecule has 1 saturated heterocycles. The summed E-state index contributed by atoms with van der Waals surface area (Å²) in [7, 11) is 0. The van der Waals surface area contributed by atoms with Gasteiger partial charge in [0.2, 0.25) is 0 Å². The third kappa shape index (κ3) is 1.36. The summed E-state index contributed by atoms with van der Waals surface area (Å²) in [5.41, 5.74) is 0.616. The maximum atomic E-state index is 8.88. The Hall–Kier alpha value is -0.550. The molecule has 0 aromatic heterocycles. The van der Waals surface area contributed by atoms with Gasteiger partial charge in [-0.1, -0.05) is 6.42 Å². The first-order valence-corrected chi connectivity index (χ1v) is 5.32. The number of hydrogen-bond acceptors (Lipinski definition) is 2. The van der Waals surface area contributed by atoms with Crippen molar-refractivity contribution in [2.24, 2.45) is 5.41 Å². The Morgan fingerprint density at radius 1 is 1.54 bits per heavy atom. The molecule has 72 valence electrons. The van der Waals surface area contributed by atoms with Crippen molar-refractivity contribution in [3.8, 4) is 6.07 Å². The first-order valence-electron chi connectivity index (χ1n) is 5.32. The lowest BCUT2D eigenvalue weighted by Gasteiger charge is -2.38. The van der Waals surface area contributed by atoms with Crippen LogP contribution in [0.1, 0.15) is 39.5 Å². The van der Waals surface area contributed by atoms with Crippen LogP contribution in [0.25, 0.3) is 0 Å². The zero-order valence-electron chi connectivity index (χ0n) is 8.58. The van der Waals surface area contributed by atoms with E-state index in [4.69, 9.17) is 5.26 Å². The molecule has 1 aliphatic heterocycles. The molecular formula is C11H18N2. The average molecular weight is 178 g/mol. The third-order valence-electron chi connectivity index (χ3n) is 3.91. The van der Waals surface area contributed by atoms with Crippen molar-refractivity contribution in [2.45, 2.75) is 51.6 Å². The molecular weight excluding hydrogens is 160 g/mol. The SMILES string of the molecule is CC(C#N)N1CC2(CCC2)CC1C. The lowest BCUT2D eigenvalue weighted by atomic mass is 9.68. The van der Waals surface area contributed by atoms with Crippen LogP contribution in [-0.2, 0) is 0 Å². The average Bonchev–Trinajstić information content (AvgIpc) is 2.41. The highest BCUT2D eigenvalue weighted by Crippen LogP contribution is 2.50. The third-order valence-corrected chi connectivity index (χ3v) is 3.91. The molecule has 2 atom stereocenters. The fourth-order valence-corrected chi connectivity index (χ4v) is 2.98. The largest absolute Gasteiger partial charge is 0.285 e. The summed E-state index contributed by atoms with van der Waals surface area (Å²) in [6.07, 6.45) is 5.51. The smallest absolute Gasteiger partial charge is 0.0951 e. The van der Waals surface area contributed by atoms with Crippen LogP contribution in [-0.4, -0.2) is 23.5 Å². The Bertz CT molecular complexity index is 237. The van der Waals surface area contributed by atoms with Gasteiger partial charge in [0.1, 0.15) is 0 Å². The highest BCUT2D eigenvalue weighted by Gasteiger charge is 2.47. The lowest BCUT2D eigenvalue weighted by molar-refractivity contribution is 0.133. The first-order chi connectivity index (χ1) is 6.17. The minimum Gasteiger partial charge on any atom is -0.285 e. The second-order valence-electron chi connectivity index (χ2n) is 4.88. The molecule has 1 heterocycles. The van der Waals surface area contributed by atoms with Crippen molar-refractivity contribution in [3.63, 3.8) is 0 Å². The van der Waals surface area contributed by atoms with E-state index in [1.807, 2.05) is 6.92 Å². The van der Waals surface area contributed by atoms with Gasteiger partial charge in [-0.2, -0.15) is 5.26 Å². The summed E-state index contributed by atoms with van der Waals surface area (Å²) in [6, 6.07) is 3.08. The molecule has 2 unspecified atom stereocenters. The molecule has 1 aliphatic carbocycles. The van der Waals surface area contributed by atoms with Crippen LogP contribution >= 0.6 is 0 Å². The molecule has 1 spiro atoms. The molecule has 2 fully saturated rings. The molecule has 0 radical (unpaired) electrons. The quantitative estimate of drug-likeness (QED) is 0.615. The van der Waals surface area contributed by atoms with Gasteiger partial charge in [-0.25, -0.2) is 0 Å². The van der Waals surface area contributed by atoms with Gasteiger partial charge in [0.25, 0.3) is 0 Å². The van der Waals surface area contributed by atoms with Gasteiger partial charge in [-0.3, -0.25) is 4.90 Å². The van der Waals surface area contributed by atoms with Gasteiger partial charge >= 0.3 is 0 Å². The summed E-state index contributed by atoms with van der Waals surface area (Å²) in [5.74, 6) is 0. The van der Waals surface area contributed by atoms with Crippen LogP contribution in [0.3, 0.4) is 0 Å². The maximum absolute atomic E-state index is 8.88. The normalized spacial score (nSPS) is 34.1. The van der Waals surface area contributed by atoms with Crippen molar-refractivity contribution < 1.29 is 0 Å². The van der Waals surface area contributed by atoms with E-state index in [2.05, 4.69) is 17.9 Å². The number of hydrogen-bond donors (Lipinski definition) is 0. The predicted octanol–water partition coefficient (Wildman–Crippen LogP) is 2.16. The fourth-order valence-electron chi connectivity index (χ4n) is 2.98. The summed E-state index contributed by atoms with van der Waals surface area (Å²) < 4.78 is 0. The molecule has 2 nitrogen and oxygen atoms in total. The first kappa shape index (κ1) is 9.02. The Morgan fingerprint density at radius 2 is 2.23 bits per heavy atom. The van der Waals surface area contributed by atoms with Crippen LogP contribution in [0.5, 0.6) is 0 Å². The van der Waals surface area contributed by atoms with Crippen LogP contribution in [0.2, 0.25) is 0 Å². The molecule has 2 aliphatic rings. The van der Waals surface area contributed by atoms with E-state index in [-0.39, 0.29) is 6.04 Å². The zero-order valence-corrected chi connectivity index (χ0v) is 8.58. The van der Waals surface area contributed by atoms with Crippen molar-refractivity contribution in [1.82, 2.24) is 4.90 Å². The van der Waals surface area contributed by atoms with Crippen molar-refractivity contribution >= 4 is 0 Å². The Morgan fingerprint density at radius 3 is 2.62 bits per heavy atom. The second kappa shape index (κ2) is 2.99. The number of rotatable bonds is 1. The van der Waals surface area contributed by atoms with Gasteiger partial charge in [0, 0.05) is 12.6 Å². The molecule has 0 N–H and O–H groups in total. The Balaban J connectivity index is 2.04. The van der Waals surface area contributed by atoms with Crippen molar-refractivity contribution in [3.05, 3.63) is 0 Å². The molecule has 0 aromatic carbocycles. The minimum atomic E-state index is 0.106. The van der Waals surface area contributed by atoms with E-state index in [1.165, 1.54) is 32.2 Å². The number of likely N-dealkylation sites (tertiary alicyclic amines) is 1. The van der Waals surface area contributed by atoms with Gasteiger partial charge in [0.05, 0.1) is 12.1 Å². The van der Waals surface area contributed by atoms with Crippen LogP contribution in [0.4, 0.5) is 0 Å². The second-order valence-corrected chi connectivity index (χ2v) is 4.88. The molecule has 0 aromatic rings. The standard InChI is InChI=1S/C11H18N2/c1-9-6-11(4-3-5-11)8-13(9)10(2)7-12/h9-10H,3-6,8H2,1-2H3. The van der Waals surface area contributed by atoms with E-state index in [0.717, 1.165) is 0 Å². The van der Waals surface area contributed by atoms with Crippen LogP contribution < -0.4 is 0 Å². The predicted molar refractivity (Wildman–Crippen MR) is 52.1 cm³/mol. The van der Waals surface area contributed by atoms with E-state index in [1.54, 1.807) is 0 Å². The Kier molecular flexibility index (Phi) is 2.08. The molecule has 1 saturated carbocycles. The van der Waals surface area contributed by atoms with E-state index in [0.29, 0.717) is 11.5 Å². The van der Waals surface area contributed by atoms with Gasteiger partial charge < -0.3 is 0 Å². The topological polar surface area (TPSA) is 27.0 Å². The maximum Gasteiger partial charge on any atom is 0.0951 e. The monoisotopic (exact) mass is 178 g/mol. The molecule has 2 rings (SSSR count). The van der Waals surface area contributed by atoms with Gasteiger partial charge in [-0.15, -0.1) is 0 Å². The number of nitriles is 1. The highest BCUT2D eigenvalue weighted by atomic mass is 15.2. The summed E-state index contributed by atoms with van der Waals surface area (Å²) in [5, 5.41) is 8.88. The van der Waals surface area contributed by atoms with E-state index in [9.17, 15) is 0 Å². The van der Waals surface area contributed by atoms with E-state index < -0.39 is 0 Å². The summed E-state index contributed by atoms with van der Waals surface area (Å²) in [6.45, 7) is 5.46. The van der Waals surface area contributed by atoms with Gasteiger partial charge in [-0.05, 0) is 38.5 Å². The molecule has 0 bridgehead atoms. The molecule has 0 amide bonds. The summed E-state index contributed by atoms with van der Waals surface area (Å²) in [4.78, 5) is 2.37. The fraction of sp³-hybridized carbons (Fsp3) is 0.909. The van der Waals surface area contributed by atoms with Gasteiger partial charge in [0.15, 0.2) is 0 Å². The lowest BCUT2D eigenvalue weighted by Crippen LogP contribution is -2.38. The summed E-state index contributed by atoms with van der Waals surface area (Å²) >= 11 is 0. The van der Waals surface area contributed by atoms with Crippen LogP contribution in [0, 0.1) is 16.7 Å². The van der Waals surface area contributed by atoms with E-state index >= 15 is 0 Å². The minimum absolute atomic E-state index is 0.106. The van der Waals surface area contributed by atoms with Crippen LogP contribution in [0.15, 0.2) is 0 Å². The number of nitrogens with zero attached hydrogens (tertiary/aromatic N) is 2. The zero-order chi connectivity index (χ0) is 9.47.